The predicted molar refractivity (Wildman–Crippen MR) is 113 cm³/mol. The fourth-order valence-electron chi connectivity index (χ4n) is 2.89. The highest BCUT2D eigenvalue weighted by Gasteiger charge is 2.33. The lowest BCUT2D eigenvalue weighted by atomic mass is 10.1. The van der Waals surface area contributed by atoms with Crippen molar-refractivity contribution in [1.82, 2.24) is 10.2 Å². The molecule has 0 aliphatic carbocycles. The van der Waals surface area contributed by atoms with Gasteiger partial charge in [-0.05, 0) is 13.3 Å². The number of carbonyl (C=O) groups is 2. The highest BCUT2D eigenvalue weighted by molar-refractivity contribution is 5.89. The summed E-state index contributed by atoms with van der Waals surface area (Å²) >= 11 is 0. The third-order valence-electron chi connectivity index (χ3n) is 4.42. The molecule has 1 N–H and O–H groups in total. The number of unbranched alkanes of at least 4 members (excludes halogenated alkanes) is 7. The van der Waals surface area contributed by atoms with Crippen LogP contribution in [-0.4, -0.2) is 36.3 Å². The number of hydrogen-bond acceptors (Lipinski definition) is 2. The maximum atomic E-state index is 11.8. The van der Waals surface area contributed by atoms with E-state index < -0.39 is 0 Å². The Morgan fingerprint density at radius 3 is 1.92 bits per heavy atom. The Bertz CT molecular complexity index is 328. The molecule has 0 aromatic carbocycles. The van der Waals surface area contributed by atoms with Crippen molar-refractivity contribution in [3.63, 3.8) is 0 Å². The average Bonchev–Trinajstić information content (AvgIpc) is 3.03. The quantitative estimate of drug-likeness (QED) is 0.484. The highest BCUT2D eigenvalue weighted by atomic mass is 16.2. The molecule has 1 unspecified atom stereocenters. The first-order valence-electron chi connectivity index (χ1n) is 11.2. The van der Waals surface area contributed by atoms with Crippen molar-refractivity contribution < 1.29 is 9.59 Å². The summed E-state index contributed by atoms with van der Waals surface area (Å²) in [6, 6.07) is 0. The molecule has 0 radical (unpaired) electrons. The van der Waals surface area contributed by atoms with Crippen LogP contribution in [0.1, 0.15) is 106 Å². The van der Waals surface area contributed by atoms with Crippen LogP contribution >= 0.6 is 0 Å². The predicted octanol–water partition coefficient (Wildman–Crippen LogP) is 5.55. The summed E-state index contributed by atoms with van der Waals surface area (Å²) in [4.78, 5) is 25.3. The first-order valence-corrected chi connectivity index (χ1v) is 11.2. The molecule has 0 aromatic rings. The lowest BCUT2D eigenvalue weighted by Crippen LogP contribution is -2.33. The van der Waals surface area contributed by atoms with Gasteiger partial charge in [-0.25, -0.2) is 0 Å². The lowest BCUT2D eigenvalue weighted by Gasteiger charge is -2.16. The molecule has 1 rings (SSSR count). The monoisotopic (exact) mass is 370 g/mol. The summed E-state index contributed by atoms with van der Waals surface area (Å²) < 4.78 is 0. The molecule has 1 fully saturated rings. The van der Waals surface area contributed by atoms with E-state index in [4.69, 9.17) is 0 Å². The minimum Gasteiger partial charge on any atom is -0.356 e. The Labute approximate surface area is 163 Å². The molecule has 0 spiro atoms. The zero-order valence-electron chi connectivity index (χ0n) is 18.5. The van der Waals surface area contributed by atoms with Crippen LogP contribution in [0, 0.1) is 5.92 Å². The second-order valence-electron chi connectivity index (χ2n) is 6.76. The van der Waals surface area contributed by atoms with Gasteiger partial charge in [0, 0.05) is 26.1 Å². The van der Waals surface area contributed by atoms with E-state index in [0.717, 1.165) is 13.0 Å². The molecule has 0 aromatic heterocycles. The molecule has 156 valence electrons. The number of rotatable bonds is 11. The van der Waals surface area contributed by atoms with Crippen molar-refractivity contribution in [2.45, 2.75) is 106 Å². The van der Waals surface area contributed by atoms with Gasteiger partial charge in [-0.1, -0.05) is 86.0 Å². The summed E-state index contributed by atoms with van der Waals surface area (Å²) in [5.74, 6) is 0.0363. The zero-order chi connectivity index (χ0) is 20.2. The van der Waals surface area contributed by atoms with Crippen LogP contribution in [-0.2, 0) is 9.59 Å². The highest BCUT2D eigenvalue weighted by Crippen LogP contribution is 2.18. The van der Waals surface area contributed by atoms with Crippen molar-refractivity contribution in [1.29, 1.82) is 0 Å². The molecule has 0 bridgehead atoms. The summed E-state index contributed by atoms with van der Waals surface area (Å²) in [5.41, 5.74) is 0. The standard InChI is InChI=1S/C14H26N2O2.C6H14.C2H6/c1-3-5-6-7-8-9-16-11-12(10-13(16)17)14(18)15-4-2;1-3-5-6-4-2;1-2/h12H,3-11H2,1-2H3,(H,15,18);3-6H2,1-2H3;1-2H3. The lowest BCUT2D eigenvalue weighted by molar-refractivity contribution is -0.129. The van der Waals surface area contributed by atoms with Crippen LogP contribution in [0.2, 0.25) is 0 Å². The van der Waals surface area contributed by atoms with Crippen molar-refractivity contribution in [3.05, 3.63) is 0 Å². The second kappa shape index (κ2) is 20.3. The van der Waals surface area contributed by atoms with Gasteiger partial charge in [-0.3, -0.25) is 9.59 Å². The van der Waals surface area contributed by atoms with E-state index in [0.29, 0.717) is 19.5 Å². The normalized spacial score (nSPS) is 15.7. The molecule has 1 heterocycles. The van der Waals surface area contributed by atoms with Gasteiger partial charge in [0.15, 0.2) is 0 Å². The van der Waals surface area contributed by atoms with Crippen LogP contribution < -0.4 is 5.32 Å². The summed E-state index contributed by atoms with van der Waals surface area (Å²) in [6.45, 7) is 14.6. The van der Waals surface area contributed by atoms with Gasteiger partial charge in [0.25, 0.3) is 0 Å². The fourth-order valence-corrected chi connectivity index (χ4v) is 2.89. The summed E-state index contributed by atoms with van der Waals surface area (Å²) in [6.07, 6.45) is 11.9. The first-order chi connectivity index (χ1) is 12.6. The number of nitrogens with one attached hydrogen (secondary N) is 1. The van der Waals surface area contributed by atoms with E-state index in [1.807, 2.05) is 25.7 Å². The molecule has 4 nitrogen and oxygen atoms in total. The minimum absolute atomic E-state index is 0.0272. The van der Waals surface area contributed by atoms with E-state index in [2.05, 4.69) is 26.1 Å². The maximum absolute atomic E-state index is 11.8. The van der Waals surface area contributed by atoms with Gasteiger partial charge in [0.1, 0.15) is 0 Å². The van der Waals surface area contributed by atoms with E-state index in [1.165, 1.54) is 51.4 Å². The number of carbonyl (C=O) groups excluding carboxylic acids is 2. The first kappa shape index (κ1) is 27.2. The molecule has 2 amide bonds. The molecule has 1 aliphatic heterocycles. The Morgan fingerprint density at radius 2 is 1.42 bits per heavy atom. The smallest absolute Gasteiger partial charge is 0.225 e. The Hall–Kier alpha value is -1.06. The van der Waals surface area contributed by atoms with Crippen molar-refractivity contribution in [3.8, 4) is 0 Å². The zero-order valence-corrected chi connectivity index (χ0v) is 18.5. The largest absolute Gasteiger partial charge is 0.356 e. The molecule has 0 saturated carbocycles. The molecule has 26 heavy (non-hydrogen) atoms. The van der Waals surface area contributed by atoms with E-state index in [1.54, 1.807) is 0 Å². The van der Waals surface area contributed by atoms with Crippen LogP contribution in [0.25, 0.3) is 0 Å². The van der Waals surface area contributed by atoms with Gasteiger partial charge < -0.3 is 10.2 Å². The van der Waals surface area contributed by atoms with Gasteiger partial charge in [0.05, 0.1) is 5.92 Å². The number of nitrogens with zero attached hydrogens (tertiary/aromatic N) is 1. The third-order valence-corrected chi connectivity index (χ3v) is 4.42. The van der Waals surface area contributed by atoms with E-state index >= 15 is 0 Å². The maximum Gasteiger partial charge on any atom is 0.225 e. The third kappa shape index (κ3) is 14.1. The average molecular weight is 371 g/mol. The van der Waals surface area contributed by atoms with E-state index in [-0.39, 0.29) is 17.7 Å². The number of amides is 2. The summed E-state index contributed by atoms with van der Waals surface area (Å²) in [5, 5.41) is 2.79. The Kier molecular flexibility index (Phi) is 21.2. The van der Waals surface area contributed by atoms with Gasteiger partial charge in [-0.15, -0.1) is 0 Å². The van der Waals surface area contributed by atoms with Crippen LogP contribution in [0.3, 0.4) is 0 Å². The van der Waals surface area contributed by atoms with Gasteiger partial charge >= 0.3 is 0 Å². The topological polar surface area (TPSA) is 49.4 Å². The van der Waals surface area contributed by atoms with Crippen LogP contribution in [0.5, 0.6) is 0 Å². The fraction of sp³-hybridized carbons (Fsp3) is 0.909. The van der Waals surface area contributed by atoms with E-state index in [9.17, 15) is 9.59 Å². The van der Waals surface area contributed by atoms with Crippen molar-refractivity contribution >= 4 is 11.8 Å². The molecular formula is C22H46N2O2. The second-order valence-corrected chi connectivity index (χ2v) is 6.76. The molecular weight excluding hydrogens is 324 g/mol. The number of hydrogen-bond donors (Lipinski definition) is 1. The molecule has 4 heteroatoms. The van der Waals surface area contributed by atoms with Crippen LogP contribution in [0.4, 0.5) is 0 Å². The molecule has 1 aliphatic rings. The van der Waals surface area contributed by atoms with Crippen LogP contribution in [0.15, 0.2) is 0 Å². The molecule has 1 saturated heterocycles. The number of likely N-dealkylation sites (tertiary alicyclic amines) is 1. The minimum atomic E-state index is -0.131. The van der Waals surface area contributed by atoms with Gasteiger partial charge in [0.2, 0.25) is 11.8 Å². The Morgan fingerprint density at radius 1 is 0.923 bits per heavy atom. The summed E-state index contributed by atoms with van der Waals surface area (Å²) in [7, 11) is 0. The SMILES string of the molecule is CC.CCCCCC.CCCCCCCN1CC(C(=O)NCC)CC1=O. The van der Waals surface area contributed by atoms with Gasteiger partial charge in [-0.2, -0.15) is 0 Å². The molecule has 1 atom stereocenters. The van der Waals surface area contributed by atoms with Crippen molar-refractivity contribution in [2.24, 2.45) is 5.92 Å². The van der Waals surface area contributed by atoms with Crippen molar-refractivity contribution in [2.75, 3.05) is 19.6 Å². The Balaban J connectivity index is 0.